The van der Waals surface area contributed by atoms with Gasteiger partial charge in [0.2, 0.25) is 0 Å². The molecule has 1 saturated carbocycles. The second-order valence-corrected chi connectivity index (χ2v) is 4.18. The molecule has 0 N–H and O–H groups in total. The Kier molecular flexibility index (Phi) is 5.09. The van der Waals surface area contributed by atoms with Crippen LogP contribution in [-0.2, 0) is 4.79 Å². The summed E-state index contributed by atoms with van der Waals surface area (Å²) < 4.78 is 0. The van der Waals surface area contributed by atoms with Crippen LogP contribution in [-0.4, -0.2) is 5.78 Å². The van der Waals surface area contributed by atoms with Crippen molar-refractivity contribution >= 4 is 5.78 Å². The van der Waals surface area contributed by atoms with Crippen LogP contribution in [0.1, 0.15) is 43.2 Å². The van der Waals surface area contributed by atoms with E-state index in [0.717, 1.165) is 25.7 Å². The number of carbonyl (C=O) groups excluding carboxylic acids is 1. The highest BCUT2D eigenvalue weighted by molar-refractivity contribution is 5.78. The van der Waals surface area contributed by atoms with Crippen LogP contribution in [0.3, 0.4) is 0 Å². The van der Waals surface area contributed by atoms with Gasteiger partial charge in [0.25, 0.3) is 0 Å². The minimum absolute atomic E-state index is 0.464. The lowest BCUT2D eigenvalue weighted by Crippen LogP contribution is -2.02. The fourth-order valence-electron chi connectivity index (χ4n) is 1.61. The number of aryl methyl sites for hydroxylation is 2. The molecule has 1 heteroatoms. The summed E-state index contributed by atoms with van der Waals surface area (Å²) in [5, 5.41) is 0. The summed E-state index contributed by atoms with van der Waals surface area (Å²) in [6.07, 6.45) is 5.24. The third-order valence-corrected chi connectivity index (χ3v) is 2.84. The summed E-state index contributed by atoms with van der Waals surface area (Å²) in [6.45, 7) is 4.24. The van der Waals surface area contributed by atoms with E-state index in [0.29, 0.717) is 5.78 Å². The van der Waals surface area contributed by atoms with Gasteiger partial charge < -0.3 is 0 Å². The van der Waals surface area contributed by atoms with Gasteiger partial charge in [0.1, 0.15) is 5.78 Å². The Morgan fingerprint density at radius 2 is 1.33 bits per heavy atom. The molecule has 0 aromatic heterocycles. The van der Waals surface area contributed by atoms with Gasteiger partial charge in [-0.1, -0.05) is 30.7 Å². The van der Waals surface area contributed by atoms with Crippen molar-refractivity contribution in [3.63, 3.8) is 0 Å². The van der Waals surface area contributed by atoms with Crippen molar-refractivity contribution in [3.05, 3.63) is 35.4 Å². The maximum Gasteiger partial charge on any atom is 0.132 e. The number of carbonyl (C=O) groups is 1. The Morgan fingerprint density at radius 3 is 1.60 bits per heavy atom. The number of ketones is 1. The second-order valence-electron chi connectivity index (χ2n) is 4.18. The number of hydrogen-bond acceptors (Lipinski definition) is 1. The van der Waals surface area contributed by atoms with E-state index in [2.05, 4.69) is 38.1 Å². The number of rotatable bonds is 0. The second kappa shape index (κ2) is 6.39. The van der Waals surface area contributed by atoms with Gasteiger partial charge in [-0.3, -0.25) is 4.79 Å². The highest BCUT2D eigenvalue weighted by atomic mass is 16.1. The molecule has 0 bridgehead atoms. The summed E-state index contributed by atoms with van der Waals surface area (Å²) in [4.78, 5) is 10.5. The first-order chi connectivity index (χ1) is 7.20. The van der Waals surface area contributed by atoms with Gasteiger partial charge in [-0.25, -0.2) is 0 Å². The van der Waals surface area contributed by atoms with Crippen LogP contribution in [0, 0.1) is 13.8 Å². The normalized spacial score (nSPS) is 15.5. The molecule has 0 unspecified atom stereocenters. The summed E-state index contributed by atoms with van der Waals surface area (Å²) >= 11 is 0. The summed E-state index contributed by atoms with van der Waals surface area (Å²) in [5.41, 5.74) is 2.74. The number of benzene rings is 1. The van der Waals surface area contributed by atoms with Crippen LogP contribution in [0.2, 0.25) is 0 Å². The molecule has 1 aliphatic carbocycles. The van der Waals surface area contributed by atoms with Gasteiger partial charge in [0.05, 0.1) is 0 Å². The first kappa shape index (κ1) is 12.0. The predicted molar refractivity (Wildman–Crippen MR) is 64.0 cm³/mol. The third-order valence-electron chi connectivity index (χ3n) is 2.84. The molecule has 1 aliphatic rings. The molecule has 0 amide bonds. The zero-order chi connectivity index (χ0) is 11.1. The molecule has 0 saturated heterocycles. The van der Waals surface area contributed by atoms with E-state index < -0.39 is 0 Å². The number of hydrogen-bond donors (Lipinski definition) is 0. The molecule has 0 spiro atoms. The van der Waals surface area contributed by atoms with E-state index in [4.69, 9.17) is 0 Å². The molecule has 0 atom stereocenters. The van der Waals surface area contributed by atoms with Gasteiger partial charge in [-0.2, -0.15) is 0 Å². The van der Waals surface area contributed by atoms with E-state index in [-0.39, 0.29) is 0 Å². The molecule has 1 aromatic rings. The van der Waals surface area contributed by atoms with Gasteiger partial charge in [0, 0.05) is 12.8 Å². The van der Waals surface area contributed by atoms with Gasteiger partial charge in [-0.15, -0.1) is 0 Å². The summed E-state index contributed by atoms with van der Waals surface area (Å²) in [7, 11) is 0. The Labute approximate surface area is 92.5 Å². The van der Waals surface area contributed by atoms with E-state index in [1.165, 1.54) is 17.5 Å². The molecule has 82 valence electrons. The Bertz CT molecular complexity index is 286. The Morgan fingerprint density at radius 1 is 0.867 bits per heavy atom. The van der Waals surface area contributed by atoms with Crippen LogP contribution in [0.5, 0.6) is 0 Å². The fourth-order valence-corrected chi connectivity index (χ4v) is 1.61. The largest absolute Gasteiger partial charge is 0.300 e. The zero-order valence-electron chi connectivity index (χ0n) is 9.75. The maximum atomic E-state index is 10.5. The standard InChI is InChI=1S/C8H10.C6H10O/c1-7-5-3-4-6-8(7)2;7-6-4-2-1-3-5-6/h3-6H,1-2H3;1-5H2. The van der Waals surface area contributed by atoms with Gasteiger partial charge >= 0.3 is 0 Å². The summed E-state index contributed by atoms with van der Waals surface area (Å²) in [5.74, 6) is 0.464. The van der Waals surface area contributed by atoms with Crippen molar-refractivity contribution in [1.82, 2.24) is 0 Å². The monoisotopic (exact) mass is 204 g/mol. The molecule has 0 aliphatic heterocycles. The highest BCUT2D eigenvalue weighted by Gasteiger charge is 2.05. The quantitative estimate of drug-likeness (QED) is 0.628. The molecular weight excluding hydrogens is 184 g/mol. The zero-order valence-corrected chi connectivity index (χ0v) is 9.75. The maximum absolute atomic E-state index is 10.5. The molecule has 15 heavy (non-hydrogen) atoms. The Balaban J connectivity index is 0.000000151. The van der Waals surface area contributed by atoms with E-state index >= 15 is 0 Å². The average molecular weight is 204 g/mol. The van der Waals surface area contributed by atoms with Gasteiger partial charge in [0.15, 0.2) is 0 Å². The van der Waals surface area contributed by atoms with Crippen molar-refractivity contribution in [2.45, 2.75) is 46.0 Å². The summed E-state index contributed by atoms with van der Waals surface area (Å²) in [6, 6.07) is 8.36. The molecule has 1 aromatic carbocycles. The molecule has 1 fully saturated rings. The van der Waals surface area contributed by atoms with Crippen molar-refractivity contribution < 1.29 is 4.79 Å². The van der Waals surface area contributed by atoms with Crippen LogP contribution in [0.25, 0.3) is 0 Å². The molecule has 1 nitrogen and oxygen atoms in total. The molecule has 0 radical (unpaired) electrons. The van der Waals surface area contributed by atoms with E-state index in [1.807, 2.05) is 0 Å². The topological polar surface area (TPSA) is 17.1 Å². The van der Waals surface area contributed by atoms with Crippen molar-refractivity contribution in [1.29, 1.82) is 0 Å². The minimum Gasteiger partial charge on any atom is -0.300 e. The Hall–Kier alpha value is -1.11. The first-order valence-electron chi connectivity index (χ1n) is 5.74. The SMILES string of the molecule is Cc1ccccc1C.O=C1CCCCC1. The lowest BCUT2D eigenvalue weighted by atomic mass is 10.00. The first-order valence-corrected chi connectivity index (χ1v) is 5.74. The molecule has 2 rings (SSSR count). The molecule has 0 heterocycles. The van der Waals surface area contributed by atoms with E-state index in [1.54, 1.807) is 0 Å². The lowest BCUT2D eigenvalue weighted by Gasteiger charge is -2.05. The van der Waals surface area contributed by atoms with Crippen molar-refractivity contribution in [3.8, 4) is 0 Å². The smallest absolute Gasteiger partial charge is 0.132 e. The van der Waals surface area contributed by atoms with Gasteiger partial charge in [-0.05, 0) is 37.8 Å². The minimum atomic E-state index is 0.464. The van der Waals surface area contributed by atoms with Crippen LogP contribution in [0.15, 0.2) is 24.3 Å². The third kappa shape index (κ3) is 4.78. The van der Waals surface area contributed by atoms with Crippen molar-refractivity contribution in [2.75, 3.05) is 0 Å². The molecular formula is C14H20O. The lowest BCUT2D eigenvalue weighted by molar-refractivity contribution is -0.120. The van der Waals surface area contributed by atoms with Crippen molar-refractivity contribution in [2.24, 2.45) is 0 Å². The van der Waals surface area contributed by atoms with Crippen LogP contribution >= 0.6 is 0 Å². The average Bonchev–Trinajstić information content (AvgIpc) is 2.25. The predicted octanol–water partition coefficient (Wildman–Crippen LogP) is 3.82. The fraction of sp³-hybridized carbons (Fsp3) is 0.500. The highest BCUT2D eigenvalue weighted by Crippen LogP contribution is 2.12. The number of Topliss-reactive ketones (excluding diaryl/α,β-unsaturated/α-hetero) is 1. The van der Waals surface area contributed by atoms with Crippen LogP contribution < -0.4 is 0 Å². The van der Waals surface area contributed by atoms with E-state index in [9.17, 15) is 4.79 Å². The van der Waals surface area contributed by atoms with Crippen LogP contribution in [0.4, 0.5) is 0 Å².